The molecular weight excluding hydrogens is 278 g/mol. The van der Waals surface area contributed by atoms with E-state index in [1.807, 2.05) is 0 Å². The summed E-state index contributed by atoms with van der Waals surface area (Å²) in [5, 5.41) is 14.8. The van der Waals surface area contributed by atoms with E-state index in [0.29, 0.717) is 16.9 Å². The first kappa shape index (κ1) is 14.9. The summed E-state index contributed by atoms with van der Waals surface area (Å²) in [5.41, 5.74) is -0.00349. The predicted molar refractivity (Wildman–Crippen MR) is 80.6 cm³/mol. The van der Waals surface area contributed by atoms with Crippen molar-refractivity contribution < 1.29 is 9.66 Å². The normalized spacial score (nSPS) is 22.3. The van der Waals surface area contributed by atoms with Crippen LogP contribution in [0.4, 0.5) is 11.5 Å². The summed E-state index contributed by atoms with van der Waals surface area (Å²) >= 11 is 1.81. The molecule has 1 fully saturated rings. The molecule has 0 amide bonds. The van der Waals surface area contributed by atoms with E-state index in [0.717, 1.165) is 19.3 Å². The monoisotopic (exact) mass is 297 g/mol. The number of thioether (sulfide) groups is 1. The second kappa shape index (κ2) is 6.78. The molecule has 2 atom stereocenters. The van der Waals surface area contributed by atoms with Gasteiger partial charge < -0.3 is 10.1 Å². The van der Waals surface area contributed by atoms with Crippen LogP contribution < -0.4 is 10.1 Å². The first-order valence-electron chi connectivity index (χ1n) is 6.64. The van der Waals surface area contributed by atoms with E-state index in [1.54, 1.807) is 11.8 Å². The zero-order chi connectivity index (χ0) is 14.5. The van der Waals surface area contributed by atoms with E-state index >= 15 is 0 Å². The van der Waals surface area contributed by atoms with Gasteiger partial charge in [-0.2, -0.15) is 16.7 Å². The molecule has 1 aliphatic carbocycles. The van der Waals surface area contributed by atoms with Crippen molar-refractivity contribution >= 4 is 23.3 Å². The van der Waals surface area contributed by atoms with Crippen molar-refractivity contribution in [2.75, 3.05) is 18.7 Å². The van der Waals surface area contributed by atoms with E-state index in [2.05, 4.69) is 16.6 Å². The fourth-order valence-electron chi connectivity index (χ4n) is 2.52. The highest BCUT2D eigenvalue weighted by Gasteiger charge is 2.27. The number of nitrogens with zero attached hydrogens (tertiary/aromatic N) is 2. The van der Waals surface area contributed by atoms with Gasteiger partial charge in [0.1, 0.15) is 0 Å². The van der Waals surface area contributed by atoms with Gasteiger partial charge in [-0.1, -0.05) is 12.8 Å². The molecule has 0 aromatic carbocycles. The van der Waals surface area contributed by atoms with Crippen molar-refractivity contribution in [2.45, 2.75) is 37.0 Å². The highest BCUT2D eigenvalue weighted by Crippen LogP contribution is 2.32. The molecule has 1 heterocycles. The minimum atomic E-state index is -0.411. The highest BCUT2D eigenvalue weighted by molar-refractivity contribution is 7.99. The van der Waals surface area contributed by atoms with Crippen molar-refractivity contribution in [3.8, 4) is 5.88 Å². The molecule has 2 unspecified atom stereocenters. The Kier molecular flexibility index (Phi) is 5.05. The molecule has 0 aliphatic heterocycles. The van der Waals surface area contributed by atoms with Gasteiger partial charge in [0.25, 0.3) is 0 Å². The van der Waals surface area contributed by atoms with E-state index in [1.165, 1.54) is 25.7 Å². The number of ether oxygens (including phenoxy) is 1. The Hall–Kier alpha value is -1.50. The number of pyridine rings is 1. The fourth-order valence-corrected chi connectivity index (χ4v) is 3.46. The van der Waals surface area contributed by atoms with E-state index in [-0.39, 0.29) is 11.7 Å². The van der Waals surface area contributed by atoms with Crippen molar-refractivity contribution in [3.05, 3.63) is 22.2 Å². The smallest absolute Gasteiger partial charge is 0.311 e. The summed E-state index contributed by atoms with van der Waals surface area (Å²) in [5.74, 6) is 0.690. The largest absolute Gasteiger partial charge is 0.481 e. The fraction of sp³-hybridized carbons (Fsp3) is 0.615. The minimum absolute atomic E-state index is 0.00349. The molecule has 0 saturated heterocycles. The predicted octanol–water partition coefficient (Wildman–Crippen LogP) is 3.08. The second-order valence-corrected chi connectivity index (χ2v) is 5.86. The molecule has 2 rings (SSSR count). The number of rotatable bonds is 5. The van der Waals surface area contributed by atoms with Crippen LogP contribution in [0.5, 0.6) is 5.88 Å². The quantitative estimate of drug-likeness (QED) is 0.664. The van der Waals surface area contributed by atoms with Crippen LogP contribution in [-0.4, -0.2) is 34.6 Å². The lowest BCUT2D eigenvalue weighted by Gasteiger charge is -2.31. The maximum Gasteiger partial charge on any atom is 0.311 e. The SMILES string of the molecule is COc1ccc([N+](=O)[O-])c(NC2CCCCC2SC)n1. The third kappa shape index (κ3) is 3.33. The zero-order valence-corrected chi connectivity index (χ0v) is 12.5. The third-order valence-corrected chi connectivity index (χ3v) is 4.75. The van der Waals surface area contributed by atoms with Gasteiger partial charge in [-0.05, 0) is 19.1 Å². The molecule has 1 N–H and O–H groups in total. The summed E-state index contributed by atoms with van der Waals surface area (Å²) in [6.45, 7) is 0. The Balaban J connectivity index is 2.23. The summed E-state index contributed by atoms with van der Waals surface area (Å²) in [6.07, 6.45) is 6.60. The lowest BCUT2D eigenvalue weighted by Crippen LogP contribution is -2.34. The molecule has 1 aromatic rings. The second-order valence-electron chi connectivity index (χ2n) is 4.79. The number of aromatic nitrogens is 1. The molecule has 1 aliphatic rings. The van der Waals surface area contributed by atoms with Gasteiger partial charge in [-0.3, -0.25) is 10.1 Å². The van der Waals surface area contributed by atoms with Gasteiger partial charge in [0, 0.05) is 23.4 Å². The molecule has 20 heavy (non-hydrogen) atoms. The van der Waals surface area contributed by atoms with Crippen LogP contribution in [0, 0.1) is 10.1 Å². The van der Waals surface area contributed by atoms with E-state index in [4.69, 9.17) is 4.74 Å². The van der Waals surface area contributed by atoms with Gasteiger partial charge in [0.2, 0.25) is 11.7 Å². The Labute approximate surface area is 122 Å². The van der Waals surface area contributed by atoms with Gasteiger partial charge in [-0.25, -0.2) is 0 Å². The van der Waals surface area contributed by atoms with Crippen LogP contribution in [-0.2, 0) is 0 Å². The maximum atomic E-state index is 11.1. The van der Waals surface area contributed by atoms with Crippen LogP contribution in [0.25, 0.3) is 0 Å². The highest BCUT2D eigenvalue weighted by atomic mass is 32.2. The number of anilines is 1. The first-order chi connectivity index (χ1) is 9.65. The van der Waals surface area contributed by atoms with Crippen LogP contribution in [0.2, 0.25) is 0 Å². The molecule has 110 valence electrons. The number of nitrogens with one attached hydrogen (secondary N) is 1. The van der Waals surface area contributed by atoms with E-state index < -0.39 is 4.92 Å². The average Bonchev–Trinajstić information content (AvgIpc) is 2.47. The number of nitro groups is 1. The summed E-state index contributed by atoms with van der Waals surface area (Å²) in [4.78, 5) is 14.9. The van der Waals surface area contributed by atoms with Crippen LogP contribution in [0.15, 0.2) is 12.1 Å². The Bertz CT molecular complexity index is 484. The standard InChI is InChI=1S/C13H19N3O3S/c1-19-12-8-7-10(16(17)18)13(15-12)14-9-5-3-4-6-11(9)20-2/h7-9,11H,3-6H2,1-2H3,(H,14,15). The Morgan fingerprint density at radius 1 is 1.45 bits per heavy atom. The van der Waals surface area contributed by atoms with Crippen molar-refractivity contribution in [1.82, 2.24) is 4.98 Å². The summed E-state index contributed by atoms with van der Waals surface area (Å²) in [7, 11) is 1.50. The lowest BCUT2D eigenvalue weighted by molar-refractivity contribution is -0.384. The summed E-state index contributed by atoms with van der Waals surface area (Å²) < 4.78 is 5.05. The van der Waals surface area contributed by atoms with Crippen LogP contribution in [0.1, 0.15) is 25.7 Å². The number of methoxy groups -OCH3 is 1. The van der Waals surface area contributed by atoms with Crippen molar-refractivity contribution in [2.24, 2.45) is 0 Å². The molecule has 0 radical (unpaired) electrons. The van der Waals surface area contributed by atoms with E-state index in [9.17, 15) is 10.1 Å². The third-order valence-electron chi connectivity index (χ3n) is 3.58. The average molecular weight is 297 g/mol. The van der Waals surface area contributed by atoms with Gasteiger partial charge in [0.15, 0.2) is 0 Å². The first-order valence-corrected chi connectivity index (χ1v) is 7.93. The number of hydrogen-bond donors (Lipinski definition) is 1. The molecular formula is C13H19N3O3S. The van der Waals surface area contributed by atoms with Gasteiger partial charge in [-0.15, -0.1) is 0 Å². The van der Waals surface area contributed by atoms with Crippen LogP contribution in [0.3, 0.4) is 0 Å². The molecule has 1 aromatic heterocycles. The lowest BCUT2D eigenvalue weighted by atomic mass is 9.95. The van der Waals surface area contributed by atoms with Crippen molar-refractivity contribution in [1.29, 1.82) is 0 Å². The Morgan fingerprint density at radius 2 is 2.20 bits per heavy atom. The molecule has 0 spiro atoms. The topological polar surface area (TPSA) is 77.3 Å². The Morgan fingerprint density at radius 3 is 2.85 bits per heavy atom. The van der Waals surface area contributed by atoms with Gasteiger partial charge in [0.05, 0.1) is 12.0 Å². The summed E-state index contributed by atoms with van der Waals surface area (Å²) in [6, 6.07) is 3.17. The van der Waals surface area contributed by atoms with Crippen LogP contribution >= 0.6 is 11.8 Å². The van der Waals surface area contributed by atoms with Gasteiger partial charge >= 0.3 is 5.69 Å². The molecule has 1 saturated carbocycles. The molecule has 0 bridgehead atoms. The number of hydrogen-bond acceptors (Lipinski definition) is 6. The molecule has 6 nitrogen and oxygen atoms in total. The molecule has 7 heteroatoms. The van der Waals surface area contributed by atoms with Crippen molar-refractivity contribution in [3.63, 3.8) is 0 Å². The minimum Gasteiger partial charge on any atom is -0.481 e. The zero-order valence-electron chi connectivity index (χ0n) is 11.7. The maximum absolute atomic E-state index is 11.1.